The van der Waals surface area contributed by atoms with Gasteiger partial charge < -0.3 is 4.74 Å². The van der Waals surface area contributed by atoms with Crippen molar-refractivity contribution in [2.75, 3.05) is 0 Å². The Kier molecular flexibility index (Phi) is 4.96. The Morgan fingerprint density at radius 1 is 0.676 bits per heavy atom. The van der Waals surface area contributed by atoms with Gasteiger partial charge in [-0.1, -0.05) is 50.2 Å². The van der Waals surface area contributed by atoms with Gasteiger partial charge in [0.1, 0.15) is 5.60 Å². The molecule has 0 N–H and O–H groups in total. The minimum absolute atomic E-state index is 0.00597. The summed E-state index contributed by atoms with van der Waals surface area (Å²) in [5, 5.41) is 9.91. The fourth-order valence-electron chi connectivity index (χ4n) is 7.42. The lowest BCUT2D eigenvalue weighted by atomic mass is 9.75. The van der Waals surface area contributed by atoms with Crippen LogP contribution < -0.4 is 0 Å². The lowest BCUT2D eigenvalue weighted by Gasteiger charge is -2.33. The first-order chi connectivity index (χ1) is 17.8. The molecule has 0 saturated heterocycles. The minimum Gasteiger partial charge on any atom is -0.455 e. The van der Waals surface area contributed by atoms with E-state index in [-0.39, 0.29) is 11.9 Å². The molecule has 2 nitrogen and oxygen atoms in total. The molecule has 7 rings (SSSR count). The van der Waals surface area contributed by atoms with Gasteiger partial charge in [-0.3, -0.25) is 4.79 Å². The number of ether oxygens (including phenoxy) is 1. The third kappa shape index (κ3) is 3.64. The van der Waals surface area contributed by atoms with E-state index in [1.54, 1.807) is 0 Å². The van der Waals surface area contributed by atoms with Crippen molar-refractivity contribution in [3.05, 3.63) is 84.4 Å². The van der Waals surface area contributed by atoms with E-state index >= 15 is 0 Å². The topological polar surface area (TPSA) is 26.3 Å². The maximum absolute atomic E-state index is 13.3. The van der Waals surface area contributed by atoms with Crippen LogP contribution in [0.25, 0.3) is 43.1 Å². The maximum atomic E-state index is 13.3. The van der Waals surface area contributed by atoms with Crippen LogP contribution in [0.4, 0.5) is 0 Å². The molecule has 2 bridgehead atoms. The molecule has 2 fully saturated rings. The van der Waals surface area contributed by atoms with Crippen molar-refractivity contribution in [2.24, 2.45) is 29.6 Å². The molecular formula is C35H34O2. The van der Waals surface area contributed by atoms with Crippen molar-refractivity contribution in [3.63, 3.8) is 0 Å². The molecule has 0 aliphatic heterocycles. The Hall–Kier alpha value is -3.39. The van der Waals surface area contributed by atoms with Gasteiger partial charge in [0.25, 0.3) is 0 Å². The van der Waals surface area contributed by atoms with Crippen LogP contribution in [-0.2, 0) is 15.1 Å². The Labute approximate surface area is 218 Å². The van der Waals surface area contributed by atoms with E-state index in [0.717, 1.165) is 17.9 Å². The first-order valence-electron chi connectivity index (χ1n) is 13.8. The largest absolute Gasteiger partial charge is 0.455 e. The lowest BCUT2D eigenvalue weighted by molar-refractivity contribution is -0.165. The quantitative estimate of drug-likeness (QED) is 0.188. The predicted molar refractivity (Wildman–Crippen MR) is 154 cm³/mol. The summed E-state index contributed by atoms with van der Waals surface area (Å²) < 4.78 is 6.24. The lowest BCUT2D eigenvalue weighted by Crippen LogP contribution is -2.35. The SMILES string of the molecule is CC1C2CC(C(=O)OC(C)(C)c3ccc4cc5cc6cc7ccccc7cc6cc5cc4c3)C(C2)C1C. The van der Waals surface area contributed by atoms with Gasteiger partial charge in [-0.25, -0.2) is 0 Å². The summed E-state index contributed by atoms with van der Waals surface area (Å²) in [6.45, 7) is 8.74. The number of esters is 1. The zero-order valence-electron chi connectivity index (χ0n) is 22.1. The van der Waals surface area contributed by atoms with Crippen molar-refractivity contribution < 1.29 is 9.53 Å². The van der Waals surface area contributed by atoms with Gasteiger partial charge in [-0.15, -0.1) is 0 Å². The molecule has 5 aromatic carbocycles. The highest BCUT2D eigenvalue weighted by molar-refractivity contribution is 6.08. The highest BCUT2D eigenvalue weighted by Crippen LogP contribution is 2.55. The van der Waals surface area contributed by atoms with Crippen LogP contribution in [0.2, 0.25) is 0 Å². The second-order valence-corrected chi connectivity index (χ2v) is 12.3. The van der Waals surface area contributed by atoms with E-state index in [1.165, 1.54) is 49.5 Å². The maximum Gasteiger partial charge on any atom is 0.310 e. The van der Waals surface area contributed by atoms with Crippen LogP contribution >= 0.6 is 0 Å². The number of hydrogen-bond donors (Lipinski definition) is 0. The van der Waals surface area contributed by atoms with E-state index < -0.39 is 5.60 Å². The number of fused-ring (bicyclic) bond motifs is 6. The van der Waals surface area contributed by atoms with Crippen molar-refractivity contribution in [3.8, 4) is 0 Å². The summed E-state index contributed by atoms with van der Waals surface area (Å²) >= 11 is 0. The molecule has 186 valence electrons. The third-order valence-electron chi connectivity index (χ3n) is 9.87. The molecule has 0 spiro atoms. The number of carbonyl (C=O) groups is 1. The molecule has 0 radical (unpaired) electrons. The van der Waals surface area contributed by atoms with E-state index in [1.807, 2.05) is 13.8 Å². The van der Waals surface area contributed by atoms with Gasteiger partial charge in [-0.05, 0) is 141 Å². The molecule has 0 aromatic heterocycles. The van der Waals surface area contributed by atoms with Crippen molar-refractivity contribution in [2.45, 2.75) is 46.1 Å². The number of rotatable bonds is 3. The molecule has 2 aliphatic rings. The molecule has 0 amide bonds. The number of hydrogen-bond acceptors (Lipinski definition) is 2. The monoisotopic (exact) mass is 486 g/mol. The van der Waals surface area contributed by atoms with Gasteiger partial charge in [0.05, 0.1) is 5.92 Å². The van der Waals surface area contributed by atoms with Gasteiger partial charge in [0.2, 0.25) is 0 Å². The summed E-state index contributed by atoms with van der Waals surface area (Å²) in [4.78, 5) is 13.3. The highest BCUT2D eigenvalue weighted by Gasteiger charge is 2.52. The highest BCUT2D eigenvalue weighted by atomic mass is 16.6. The molecule has 37 heavy (non-hydrogen) atoms. The smallest absolute Gasteiger partial charge is 0.310 e. The average molecular weight is 487 g/mol. The average Bonchev–Trinajstić information content (AvgIpc) is 3.44. The number of benzene rings is 5. The zero-order valence-corrected chi connectivity index (χ0v) is 22.1. The predicted octanol–water partition coefficient (Wildman–Crippen LogP) is 9.01. The first kappa shape index (κ1) is 22.8. The van der Waals surface area contributed by atoms with Gasteiger partial charge in [0.15, 0.2) is 0 Å². The normalized spacial score (nSPS) is 25.5. The molecule has 5 atom stereocenters. The van der Waals surface area contributed by atoms with Crippen LogP contribution in [0.5, 0.6) is 0 Å². The molecular weight excluding hydrogens is 452 g/mol. The fraction of sp³-hybridized carbons (Fsp3) is 0.343. The van der Waals surface area contributed by atoms with Crippen LogP contribution in [0.3, 0.4) is 0 Å². The Bertz CT molecular complexity index is 1710. The van der Waals surface area contributed by atoms with Gasteiger partial charge >= 0.3 is 5.97 Å². The standard InChI is InChI=1S/C35H34O2/c1-20-21(2)32-18-25(20)19-33(32)34(36)37-35(3,4)31-10-9-24-13-28-14-26-11-22-7-5-6-8-23(22)12-27(26)15-29(28)16-30(24)17-31/h5-17,20-21,25,32-33H,18-19H2,1-4H3. The Morgan fingerprint density at radius 3 is 1.73 bits per heavy atom. The molecule has 0 heterocycles. The van der Waals surface area contributed by atoms with Gasteiger partial charge in [0, 0.05) is 0 Å². The van der Waals surface area contributed by atoms with E-state index in [9.17, 15) is 4.79 Å². The van der Waals surface area contributed by atoms with E-state index in [2.05, 4.69) is 92.7 Å². The summed E-state index contributed by atoms with van der Waals surface area (Å²) in [6, 6.07) is 28.8. The molecule has 2 aliphatic carbocycles. The van der Waals surface area contributed by atoms with E-state index in [0.29, 0.717) is 17.8 Å². The summed E-state index contributed by atoms with van der Waals surface area (Å²) in [5.74, 6) is 2.57. The van der Waals surface area contributed by atoms with Crippen LogP contribution in [0.15, 0.2) is 78.9 Å². The van der Waals surface area contributed by atoms with Gasteiger partial charge in [-0.2, -0.15) is 0 Å². The van der Waals surface area contributed by atoms with Crippen LogP contribution in [0, 0.1) is 29.6 Å². The second-order valence-electron chi connectivity index (χ2n) is 12.3. The molecule has 2 heteroatoms. The van der Waals surface area contributed by atoms with Crippen molar-refractivity contribution >= 4 is 49.1 Å². The molecule has 2 saturated carbocycles. The summed E-state index contributed by atoms with van der Waals surface area (Å²) in [5.41, 5.74) is 0.378. The zero-order chi connectivity index (χ0) is 25.5. The number of carbonyl (C=O) groups excluding carboxylic acids is 1. The van der Waals surface area contributed by atoms with Crippen molar-refractivity contribution in [1.29, 1.82) is 0 Å². The summed E-state index contributed by atoms with van der Waals surface area (Å²) in [7, 11) is 0. The fourth-order valence-corrected chi connectivity index (χ4v) is 7.42. The molecule has 5 unspecified atom stereocenters. The Morgan fingerprint density at radius 2 is 1.19 bits per heavy atom. The van der Waals surface area contributed by atoms with Crippen LogP contribution in [0.1, 0.15) is 46.1 Å². The van der Waals surface area contributed by atoms with Crippen LogP contribution in [-0.4, -0.2) is 5.97 Å². The van der Waals surface area contributed by atoms with E-state index in [4.69, 9.17) is 4.74 Å². The molecule has 5 aromatic rings. The Balaban J connectivity index is 1.22. The summed E-state index contributed by atoms with van der Waals surface area (Å²) in [6.07, 6.45) is 2.19. The third-order valence-corrected chi connectivity index (χ3v) is 9.87. The van der Waals surface area contributed by atoms with Crippen molar-refractivity contribution in [1.82, 2.24) is 0 Å². The first-order valence-corrected chi connectivity index (χ1v) is 13.8. The minimum atomic E-state index is -0.667. The second kappa shape index (κ2) is 8.05.